The van der Waals surface area contributed by atoms with Crippen LogP contribution in [0.2, 0.25) is 0 Å². The zero-order chi connectivity index (χ0) is 13.3. The summed E-state index contributed by atoms with van der Waals surface area (Å²) in [5, 5.41) is 0.0790. The van der Waals surface area contributed by atoms with Gasteiger partial charge in [-0.3, -0.25) is 14.5 Å². The lowest BCUT2D eigenvalue weighted by molar-refractivity contribution is -0.117. The molecule has 1 aliphatic rings. The van der Waals surface area contributed by atoms with Crippen molar-refractivity contribution in [3.8, 4) is 0 Å². The summed E-state index contributed by atoms with van der Waals surface area (Å²) in [7, 11) is 0. The third kappa shape index (κ3) is 2.87. The van der Waals surface area contributed by atoms with Crippen LogP contribution >= 0.6 is 11.8 Å². The van der Waals surface area contributed by atoms with Crippen LogP contribution in [0.4, 0.5) is 5.82 Å². The molecule has 1 aromatic heterocycles. The van der Waals surface area contributed by atoms with Gasteiger partial charge in [0.15, 0.2) is 5.12 Å². The molecule has 0 radical (unpaired) electrons. The van der Waals surface area contributed by atoms with Gasteiger partial charge in [0.2, 0.25) is 5.91 Å². The second-order valence-electron chi connectivity index (χ2n) is 4.35. The molecule has 1 atom stereocenters. The van der Waals surface area contributed by atoms with E-state index in [2.05, 4.69) is 9.97 Å². The maximum atomic E-state index is 11.9. The van der Waals surface area contributed by atoms with Crippen molar-refractivity contribution in [1.82, 2.24) is 9.97 Å². The largest absolute Gasteiger partial charge is 0.296 e. The fourth-order valence-corrected chi connectivity index (χ4v) is 2.96. The molecule has 2 heterocycles. The highest BCUT2D eigenvalue weighted by atomic mass is 32.2. The minimum atomic E-state index is 0.0197. The van der Waals surface area contributed by atoms with Gasteiger partial charge in [0.1, 0.15) is 11.6 Å². The van der Waals surface area contributed by atoms with Crippen molar-refractivity contribution in [1.29, 1.82) is 0 Å². The van der Waals surface area contributed by atoms with Gasteiger partial charge < -0.3 is 0 Å². The SMILES string of the molecule is CC(=O)SC1CC(=O)N(c2cc(C)nc(C)n2)C1. The van der Waals surface area contributed by atoms with Gasteiger partial charge in [-0.05, 0) is 13.8 Å². The molecule has 2 rings (SSSR count). The number of carbonyl (C=O) groups excluding carboxylic acids is 2. The van der Waals surface area contributed by atoms with Crippen molar-refractivity contribution in [2.24, 2.45) is 0 Å². The van der Waals surface area contributed by atoms with Crippen LogP contribution in [-0.2, 0) is 9.59 Å². The number of carbonyl (C=O) groups is 2. The van der Waals surface area contributed by atoms with Crippen LogP contribution in [-0.4, -0.2) is 32.8 Å². The first-order valence-electron chi connectivity index (χ1n) is 5.75. The molecule has 1 unspecified atom stereocenters. The Bertz CT molecular complexity index is 484. The molecule has 6 heteroatoms. The molecular weight excluding hydrogens is 250 g/mol. The van der Waals surface area contributed by atoms with Crippen LogP contribution < -0.4 is 4.90 Å². The number of amides is 1. The first-order chi connectivity index (χ1) is 8.45. The van der Waals surface area contributed by atoms with E-state index in [1.54, 1.807) is 17.9 Å². The quantitative estimate of drug-likeness (QED) is 0.810. The Kier molecular flexibility index (Phi) is 3.65. The zero-order valence-electron chi connectivity index (χ0n) is 10.6. The minimum Gasteiger partial charge on any atom is -0.296 e. The van der Waals surface area contributed by atoms with Crippen LogP contribution in [0, 0.1) is 13.8 Å². The molecule has 1 saturated heterocycles. The van der Waals surface area contributed by atoms with Crippen molar-refractivity contribution in [2.45, 2.75) is 32.4 Å². The fraction of sp³-hybridized carbons (Fsp3) is 0.500. The Balaban J connectivity index is 2.18. The van der Waals surface area contributed by atoms with Gasteiger partial charge in [0.05, 0.1) is 0 Å². The van der Waals surface area contributed by atoms with E-state index in [0.29, 0.717) is 24.6 Å². The van der Waals surface area contributed by atoms with Crippen LogP contribution in [0.15, 0.2) is 6.07 Å². The Morgan fingerprint density at radius 3 is 2.78 bits per heavy atom. The summed E-state index contributed by atoms with van der Waals surface area (Å²) in [6.45, 7) is 5.75. The second-order valence-corrected chi connectivity index (χ2v) is 5.83. The Morgan fingerprint density at radius 2 is 2.17 bits per heavy atom. The van der Waals surface area contributed by atoms with Crippen molar-refractivity contribution in [2.75, 3.05) is 11.4 Å². The lowest BCUT2D eigenvalue weighted by atomic mass is 10.4. The molecule has 0 bridgehead atoms. The standard InChI is InChI=1S/C12H15N3O2S/c1-7-4-11(14-8(2)13-7)15-6-10(5-12(15)17)18-9(3)16/h4,10H,5-6H2,1-3H3. The van der Waals surface area contributed by atoms with E-state index in [1.807, 2.05) is 6.92 Å². The molecule has 0 saturated carbocycles. The van der Waals surface area contributed by atoms with Gasteiger partial charge in [-0.25, -0.2) is 9.97 Å². The van der Waals surface area contributed by atoms with E-state index in [-0.39, 0.29) is 16.3 Å². The number of anilines is 1. The summed E-state index contributed by atoms with van der Waals surface area (Å²) in [4.78, 5) is 33.1. The summed E-state index contributed by atoms with van der Waals surface area (Å²) < 4.78 is 0. The second kappa shape index (κ2) is 5.06. The van der Waals surface area contributed by atoms with Crippen molar-refractivity contribution in [3.63, 3.8) is 0 Å². The van der Waals surface area contributed by atoms with Crippen molar-refractivity contribution in [3.05, 3.63) is 17.6 Å². The summed E-state index contributed by atoms with van der Waals surface area (Å²) in [5.74, 6) is 1.31. The fourth-order valence-electron chi connectivity index (χ4n) is 2.05. The molecule has 0 N–H and O–H groups in total. The number of aromatic nitrogens is 2. The van der Waals surface area contributed by atoms with Gasteiger partial charge in [-0.15, -0.1) is 0 Å². The van der Waals surface area contributed by atoms with Gasteiger partial charge in [-0.2, -0.15) is 0 Å². The lowest BCUT2D eigenvalue weighted by Gasteiger charge is -2.16. The highest BCUT2D eigenvalue weighted by Crippen LogP contribution is 2.27. The zero-order valence-corrected chi connectivity index (χ0v) is 11.5. The van der Waals surface area contributed by atoms with E-state index < -0.39 is 0 Å². The summed E-state index contributed by atoms with van der Waals surface area (Å²) in [6, 6.07) is 1.80. The predicted molar refractivity (Wildman–Crippen MR) is 70.5 cm³/mol. The third-order valence-electron chi connectivity index (χ3n) is 2.65. The molecule has 1 aromatic rings. The van der Waals surface area contributed by atoms with Crippen molar-refractivity contribution >= 4 is 28.6 Å². The van der Waals surface area contributed by atoms with E-state index >= 15 is 0 Å². The Morgan fingerprint density at radius 1 is 1.44 bits per heavy atom. The minimum absolute atomic E-state index is 0.0197. The molecule has 0 aliphatic carbocycles. The number of hydrogen-bond acceptors (Lipinski definition) is 5. The maximum Gasteiger partial charge on any atom is 0.229 e. The van der Waals surface area contributed by atoms with E-state index in [9.17, 15) is 9.59 Å². The average molecular weight is 265 g/mol. The maximum absolute atomic E-state index is 11.9. The number of thioether (sulfide) groups is 1. The number of nitrogens with zero attached hydrogens (tertiary/aromatic N) is 3. The molecule has 0 spiro atoms. The molecule has 1 fully saturated rings. The van der Waals surface area contributed by atoms with Gasteiger partial charge in [-0.1, -0.05) is 11.8 Å². The first-order valence-corrected chi connectivity index (χ1v) is 6.63. The molecular formula is C12H15N3O2S. The van der Waals surface area contributed by atoms with Crippen LogP contribution in [0.5, 0.6) is 0 Å². The van der Waals surface area contributed by atoms with Gasteiger partial charge in [0.25, 0.3) is 0 Å². The third-order valence-corrected chi connectivity index (χ3v) is 3.63. The smallest absolute Gasteiger partial charge is 0.229 e. The normalized spacial score (nSPS) is 19.4. The van der Waals surface area contributed by atoms with Gasteiger partial charge >= 0.3 is 0 Å². The van der Waals surface area contributed by atoms with Crippen LogP contribution in [0.1, 0.15) is 24.9 Å². The number of rotatable bonds is 2. The monoisotopic (exact) mass is 265 g/mol. The highest BCUT2D eigenvalue weighted by molar-refractivity contribution is 8.14. The van der Waals surface area contributed by atoms with E-state index in [1.165, 1.54) is 18.7 Å². The van der Waals surface area contributed by atoms with Gasteiger partial charge in [0, 0.05) is 36.9 Å². The topological polar surface area (TPSA) is 63.2 Å². The Labute approximate surface area is 110 Å². The van der Waals surface area contributed by atoms with Crippen LogP contribution in [0.3, 0.4) is 0 Å². The average Bonchev–Trinajstić information content (AvgIpc) is 2.56. The molecule has 96 valence electrons. The molecule has 1 amide bonds. The van der Waals surface area contributed by atoms with E-state index in [4.69, 9.17) is 0 Å². The van der Waals surface area contributed by atoms with E-state index in [0.717, 1.165) is 5.69 Å². The Hall–Kier alpha value is -1.43. The predicted octanol–water partition coefficient (Wildman–Crippen LogP) is 1.48. The number of aryl methyl sites for hydroxylation is 2. The lowest BCUT2D eigenvalue weighted by Crippen LogP contribution is -2.26. The molecule has 1 aliphatic heterocycles. The molecule has 5 nitrogen and oxygen atoms in total. The van der Waals surface area contributed by atoms with Crippen molar-refractivity contribution < 1.29 is 9.59 Å². The number of hydrogen-bond donors (Lipinski definition) is 0. The summed E-state index contributed by atoms with van der Waals surface area (Å²) in [6.07, 6.45) is 0.395. The molecule has 18 heavy (non-hydrogen) atoms. The van der Waals surface area contributed by atoms with Crippen LogP contribution in [0.25, 0.3) is 0 Å². The first kappa shape index (κ1) is 13.0. The highest BCUT2D eigenvalue weighted by Gasteiger charge is 2.32. The summed E-state index contributed by atoms with van der Waals surface area (Å²) >= 11 is 1.23. The molecule has 0 aromatic carbocycles. The summed E-state index contributed by atoms with van der Waals surface area (Å²) in [5.41, 5.74) is 0.841.